The lowest BCUT2D eigenvalue weighted by atomic mass is 10.2. The topological polar surface area (TPSA) is 110 Å². The Balaban J connectivity index is 1.46. The third kappa shape index (κ3) is 4.11. The van der Waals surface area contributed by atoms with Gasteiger partial charge in [0.25, 0.3) is 10.0 Å². The van der Waals surface area contributed by atoms with Crippen LogP contribution in [-0.4, -0.2) is 51.9 Å². The average molecular weight is 451 g/mol. The van der Waals surface area contributed by atoms with Crippen molar-refractivity contribution >= 4 is 33.0 Å². The fourth-order valence-electron chi connectivity index (χ4n) is 3.22. The molecule has 3 heterocycles. The molecule has 0 unspecified atom stereocenters. The summed E-state index contributed by atoms with van der Waals surface area (Å²) in [4.78, 5) is 13.1. The molecule has 158 valence electrons. The lowest BCUT2D eigenvalue weighted by Gasteiger charge is -2.13. The number of aryl methyl sites for hydroxylation is 1. The maximum atomic E-state index is 14.2. The molecule has 4 rings (SSSR count). The first-order chi connectivity index (χ1) is 14.3. The second-order valence-electron chi connectivity index (χ2n) is 6.86. The number of benzene rings is 1. The Labute approximate surface area is 176 Å². The Bertz CT molecular complexity index is 1180. The van der Waals surface area contributed by atoms with Crippen LogP contribution in [0.25, 0.3) is 5.69 Å². The van der Waals surface area contributed by atoms with Gasteiger partial charge in [-0.15, -0.1) is 16.4 Å². The van der Waals surface area contributed by atoms with Gasteiger partial charge in [-0.1, -0.05) is 0 Å². The maximum absolute atomic E-state index is 14.2. The molecule has 1 aliphatic heterocycles. The zero-order chi connectivity index (χ0) is 21.3. The van der Waals surface area contributed by atoms with Crippen LogP contribution in [0.3, 0.4) is 0 Å². The molecule has 12 heteroatoms. The molecule has 0 radical (unpaired) electrons. The number of anilines is 1. The maximum Gasteiger partial charge on any atom is 0.252 e. The van der Waals surface area contributed by atoms with Crippen LogP contribution < -0.4 is 5.32 Å². The van der Waals surface area contributed by atoms with Crippen molar-refractivity contribution in [2.75, 3.05) is 18.4 Å². The van der Waals surface area contributed by atoms with Crippen LogP contribution in [0.1, 0.15) is 23.5 Å². The molecule has 0 spiro atoms. The first-order valence-electron chi connectivity index (χ1n) is 9.28. The number of carbonyl (C=O) groups is 1. The van der Waals surface area contributed by atoms with Crippen molar-refractivity contribution < 1.29 is 17.6 Å². The normalized spacial score (nSPS) is 14.9. The van der Waals surface area contributed by atoms with Crippen molar-refractivity contribution in [1.29, 1.82) is 0 Å². The summed E-state index contributed by atoms with van der Waals surface area (Å²) in [5.41, 5.74) is 0.498. The summed E-state index contributed by atoms with van der Waals surface area (Å²) in [5.74, 6) is -0.464. The van der Waals surface area contributed by atoms with Crippen LogP contribution in [0.2, 0.25) is 0 Å². The van der Waals surface area contributed by atoms with E-state index in [2.05, 4.69) is 20.8 Å². The van der Waals surface area contributed by atoms with E-state index in [1.54, 1.807) is 13.0 Å². The summed E-state index contributed by atoms with van der Waals surface area (Å²) in [7, 11) is -3.50. The number of carbonyl (C=O) groups excluding carboxylic acids is 1. The summed E-state index contributed by atoms with van der Waals surface area (Å²) in [6.07, 6.45) is 1.74. The monoisotopic (exact) mass is 450 g/mol. The minimum absolute atomic E-state index is 0.0107. The molecule has 0 atom stereocenters. The van der Waals surface area contributed by atoms with Crippen LogP contribution in [0.15, 0.2) is 34.5 Å². The van der Waals surface area contributed by atoms with Crippen molar-refractivity contribution in [2.24, 2.45) is 0 Å². The highest BCUT2D eigenvalue weighted by Gasteiger charge is 2.28. The Kier molecular flexibility index (Phi) is 5.62. The highest BCUT2D eigenvalue weighted by Crippen LogP contribution is 2.28. The minimum atomic E-state index is -3.50. The van der Waals surface area contributed by atoms with Gasteiger partial charge >= 0.3 is 0 Å². The zero-order valence-electron chi connectivity index (χ0n) is 16.1. The summed E-state index contributed by atoms with van der Waals surface area (Å²) in [6, 6.07) is 7.28. The van der Waals surface area contributed by atoms with E-state index in [-0.39, 0.29) is 22.2 Å². The van der Waals surface area contributed by atoms with Gasteiger partial charge in [0.05, 0.1) is 6.42 Å². The van der Waals surface area contributed by atoms with Crippen LogP contribution in [-0.2, 0) is 21.2 Å². The molecule has 30 heavy (non-hydrogen) atoms. The second kappa shape index (κ2) is 8.20. The van der Waals surface area contributed by atoms with Crippen molar-refractivity contribution in [2.45, 2.75) is 30.4 Å². The quantitative estimate of drug-likeness (QED) is 0.616. The van der Waals surface area contributed by atoms with Gasteiger partial charge in [-0.3, -0.25) is 4.79 Å². The number of amides is 1. The number of sulfonamides is 1. The molecule has 0 saturated carbocycles. The number of nitrogens with one attached hydrogen (secondary N) is 1. The molecular weight excluding hydrogens is 431 g/mol. The third-order valence-corrected chi connectivity index (χ3v) is 8.17. The molecule has 1 amide bonds. The van der Waals surface area contributed by atoms with E-state index >= 15 is 0 Å². The molecule has 1 aromatic carbocycles. The summed E-state index contributed by atoms with van der Waals surface area (Å²) in [5, 5.41) is 13.7. The molecule has 0 bridgehead atoms. The number of rotatable bonds is 6. The molecule has 9 nitrogen and oxygen atoms in total. The van der Waals surface area contributed by atoms with Crippen LogP contribution in [0.5, 0.6) is 0 Å². The zero-order valence-corrected chi connectivity index (χ0v) is 17.7. The van der Waals surface area contributed by atoms with Gasteiger partial charge in [0, 0.05) is 23.7 Å². The molecule has 3 aromatic rings. The standard InChI is InChI=1S/C18H19FN6O3S2/c1-12-21-22-23-25(12)16-10-13(4-6-15(16)19)20-17(26)11-14-5-7-18(29-14)30(27,28)24-8-2-3-9-24/h4-7,10H,2-3,8-9,11H2,1H3,(H,20,26). The Morgan fingerprint density at radius 2 is 2.00 bits per heavy atom. The van der Waals surface area contributed by atoms with Crippen LogP contribution >= 0.6 is 11.3 Å². The van der Waals surface area contributed by atoms with Crippen molar-refractivity contribution in [3.63, 3.8) is 0 Å². The number of aromatic nitrogens is 4. The fourth-order valence-corrected chi connectivity index (χ4v) is 6.24. The molecule has 0 aliphatic carbocycles. The van der Waals surface area contributed by atoms with Crippen molar-refractivity contribution in [1.82, 2.24) is 24.5 Å². The summed E-state index contributed by atoms with van der Waals surface area (Å²) >= 11 is 1.09. The number of tetrazole rings is 1. The molecule has 1 N–H and O–H groups in total. The molecular formula is C18H19FN6O3S2. The SMILES string of the molecule is Cc1nnnn1-c1cc(NC(=O)Cc2ccc(S(=O)(=O)N3CCCC3)s2)ccc1F. The second-order valence-corrected chi connectivity index (χ2v) is 10.2. The van der Waals surface area contributed by atoms with E-state index in [0.717, 1.165) is 24.2 Å². The fraction of sp³-hybridized carbons (Fsp3) is 0.333. The van der Waals surface area contributed by atoms with E-state index in [0.29, 0.717) is 29.5 Å². The molecule has 1 fully saturated rings. The first kappa shape index (κ1) is 20.6. The van der Waals surface area contributed by atoms with E-state index in [9.17, 15) is 17.6 Å². The Morgan fingerprint density at radius 1 is 1.23 bits per heavy atom. The number of hydrogen-bond acceptors (Lipinski definition) is 7. The van der Waals surface area contributed by atoms with Gasteiger partial charge in [0.2, 0.25) is 5.91 Å². The van der Waals surface area contributed by atoms with Crippen LogP contribution in [0.4, 0.5) is 10.1 Å². The van der Waals surface area contributed by atoms with E-state index in [1.165, 1.54) is 33.3 Å². The number of halogens is 1. The van der Waals surface area contributed by atoms with Crippen LogP contribution in [0, 0.1) is 12.7 Å². The largest absolute Gasteiger partial charge is 0.326 e. The lowest BCUT2D eigenvalue weighted by molar-refractivity contribution is -0.115. The predicted octanol–water partition coefficient (Wildman–Crippen LogP) is 2.14. The molecule has 2 aromatic heterocycles. The average Bonchev–Trinajstić information content (AvgIpc) is 3.45. The molecule has 1 aliphatic rings. The van der Waals surface area contributed by atoms with Gasteiger partial charge in [-0.25, -0.2) is 12.8 Å². The Hall–Kier alpha value is -2.70. The summed E-state index contributed by atoms with van der Waals surface area (Å²) < 4.78 is 42.3. The van der Waals surface area contributed by atoms with Crippen molar-refractivity contribution in [3.05, 3.63) is 46.9 Å². The minimum Gasteiger partial charge on any atom is -0.326 e. The third-order valence-electron chi connectivity index (χ3n) is 4.71. The van der Waals surface area contributed by atoms with E-state index < -0.39 is 15.8 Å². The van der Waals surface area contributed by atoms with Gasteiger partial charge < -0.3 is 5.32 Å². The highest BCUT2D eigenvalue weighted by atomic mass is 32.2. The van der Waals surface area contributed by atoms with Gasteiger partial charge in [-0.05, 0) is 60.5 Å². The van der Waals surface area contributed by atoms with Gasteiger partial charge in [-0.2, -0.15) is 8.99 Å². The first-order valence-corrected chi connectivity index (χ1v) is 11.5. The predicted molar refractivity (Wildman–Crippen MR) is 108 cm³/mol. The Morgan fingerprint density at radius 3 is 2.70 bits per heavy atom. The number of nitrogens with zero attached hydrogens (tertiary/aromatic N) is 5. The van der Waals surface area contributed by atoms with Gasteiger partial charge in [0.1, 0.15) is 15.7 Å². The smallest absolute Gasteiger partial charge is 0.252 e. The molecule has 1 saturated heterocycles. The number of thiophene rings is 1. The lowest BCUT2D eigenvalue weighted by Crippen LogP contribution is -2.27. The summed E-state index contributed by atoms with van der Waals surface area (Å²) in [6.45, 7) is 2.70. The van der Waals surface area contributed by atoms with E-state index in [4.69, 9.17) is 0 Å². The van der Waals surface area contributed by atoms with Crippen molar-refractivity contribution in [3.8, 4) is 5.69 Å². The highest BCUT2D eigenvalue weighted by molar-refractivity contribution is 7.91. The number of hydrogen-bond donors (Lipinski definition) is 1. The van der Waals surface area contributed by atoms with E-state index in [1.807, 2.05) is 0 Å². The van der Waals surface area contributed by atoms with Gasteiger partial charge in [0.15, 0.2) is 5.82 Å².